The van der Waals surface area contributed by atoms with E-state index in [1.54, 1.807) is 19.4 Å². The van der Waals surface area contributed by atoms with Gasteiger partial charge in [0.15, 0.2) is 5.89 Å². The third-order valence-electron chi connectivity index (χ3n) is 0.556. The second kappa shape index (κ2) is 2.39. The average Bonchev–Trinajstić information content (AvgIpc) is 1.86. The number of oxazole rings is 1. The zero-order chi connectivity index (χ0) is 4.41. The Labute approximate surface area is 43.2 Å². The van der Waals surface area contributed by atoms with E-state index in [1.165, 1.54) is 0 Å². The van der Waals surface area contributed by atoms with E-state index in [0.717, 1.165) is 5.89 Å². The molecule has 1 aromatic heterocycles. The highest BCUT2D eigenvalue weighted by atomic mass is 16.3. The van der Waals surface area contributed by atoms with Crippen molar-refractivity contribution in [2.24, 2.45) is 0 Å². The predicted octanol–water partition coefficient (Wildman–Crippen LogP) is 1.62. The maximum atomic E-state index is 4.72. The number of nitrogens with zero attached hydrogens (tertiary/aromatic N) is 1. The van der Waals surface area contributed by atoms with Crippen molar-refractivity contribution in [3.8, 4) is 0 Å². The van der Waals surface area contributed by atoms with Crippen LogP contribution in [0.15, 0.2) is 16.9 Å². The maximum Gasteiger partial charge on any atom is 0.190 e. The molecule has 1 aromatic rings. The number of aromatic nitrogens is 1. The Balaban J connectivity index is 0.000000360. The van der Waals surface area contributed by atoms with Crippen molar-refractivity contribution in [1.29, 1.82) is 0 Å². The Morgan fingerprint density at radius 1 is 1.71 bits per heavy atom. The van der Waals surface area contributed by atoms with Gasteiger partial charge in [0.05, 0.1) is 6.20 Å². The summed E-state index contributed by atoms with van der Waals surface area (Å²) in [6, 6.07) is 0. The highest BCUT2D eigenvalue weighted by molar-refractivity contribution is 4.72. The Hall–Kier alpha value is -0.790. The van der Waals surface area contributed by atoms with Gasteiger partial charge >= 0.3 is 0 Å². The van der Waals surface area contributed by atoms with E-state index in [0.29, 0.717) is 0 Å². The van der Waals surface area contributed by atoms with Gasteiger partial charge in [0, 0.05) is 6.92 Å². The van der Waals surface area contributed by atoms with Gasteiger partial charge in [-0.05, 0) is 0 Å². The van der Waals surface area contributed by atoms with E-state index in [-0.39, 0.29) is 7.43 Å². The number of rotatable bonds is 0. The summed E-state index contributed by atoms with van der Waals surface area (Å²) in [5.74, 6) is 0.718. The highest BCUT2D eigenvalue weighted by Crippen LogP contribution is 1.86. The van der Waals surface area contributed by atoms with Crippen LogP contribution < -0.4 is 0 Å². The van der Waals surface area contributed by atoms with Crippen molar-refractivity contribution < 1.29 is 4.42 Å². The minimum atomic E-state index is 0. The fraction of sp³-hybridized carbons (Fsp3) is 0.400. The summed E-state index contributed by atoms with van der Waals surface area (Å²) < 4.78 is 4.72. The molecule has 0 amide bonds. The summed E-state index contributed by atoms with van der Waals surface area (Å²) in [5, 5.41) is 0. The molecule has 2 heteroatoms. The molecule has 0 aliphatic rings. The third-order valence-corrected chi connectivity index (χ3v) is 0.556. The van der Waals surface area contributed by atoms with Gasteiger partial charge in [-0.1, -0.05) is 7.43 Å². The lowest BCUT2D eigenvalue weighted by Crippen LogP contribution is -1.59. The monoisotopic (exact) mass is 99.1 g/mol. The van der Waals surface area contributed by atoms with Crippen LogP contribution in [0.5, 0.6) is 0 Å². The first-order chi connectivity index (χ1) is 2.89. The molecule has 1 heterocycles. The van der Waals surface area contributed by atoms with Crippen molar-refractivity contribution in [2.45, 2.75) is 14.4 Å². The molecule has 7 heavy (non-hydrogen) atoms. The van der Waals surface area contributed by atoms with E-state index in [4.69, 9.17) is 4.42 Å². The first-order valence-corrected chi connectivity index (χ1v) is 1.75. The maximum absolute atomic E-state index is 4.72. The lowest BCUT2D eigenvalue weighted by Gasteiger charge is -1.67. The molecule has 0 saturated heterocycles. The van der Waals surface area contributed by atoms with Crippen molar-refractivity contribution >= 4 is 0 Å². The van der Waals surface area contributed by atoms with E-state index >= 15 is 0 Å². The van der Waals surface area contributed by atoms with Crippen LogP contribution in [0, 0.1) is 6.92 Å². The predicted molar refractivity (Wildman–Crippen MR) is 28.0 cm³/mol. The molecule has 0 N–H and O–H groups in total. The molecule has 40 valence electrons. The first-order valence-electron chi connectivity index (χ1n) is 1.75. The van der Waals surface area contributed by atoms with Crippen LogP contribution in [-0.2, 0) is 0 Å². The smallest absolute Gasteiger partial charge is 0.190 e. The molecule has 0 aliphatic carbocycles. The van der Waals surface area contributed by atoms with Gasteiger partial charge in [0.25, 0.3) is 0 Å². The molecule has 0 spiro atoms. The van der Waals surface area contributed by atoms with Crippen LogP contribution in [0.2, 0.25) is 0 Å². The zero-order valence-corrected chi connectivity index (χ0v) is 3.51. The molecule has 0 radical (unpaired) electrons. The molecular weight excluding hydrogens is 90.1 g/mol. The molecule has 1 rings (SSSR count). The fourth-order valence-corrected chi connectivity index (χ4v) is 0.295. The van der Waals surface area contributed by atoms with Crippen LogP contribution in [-0.4, -0.2) is 4.98 Å². The third kappa shape index (κ3) is 1.39. The van der Waals surface area contributed by atoms with Gasteiger partial charge in [-0.3, -0.25) is 0 Å². The first kappa shape index (κ1) is 6.21. The van der Waals surface area contributed by atoms with Crippen LogP contribution in [0.1, 0.15) is 13.3 Å². The molecule has 0 aromatic carbocycles. The van der Waals surface area contributed by atoms with Gasteiger partial charge in [0.1, 0.15) is 6.26 Å². The quantitative estimate of drug-likeness (QED) is 0.494. The van der Waals surface area contributed by atoms with Gasteiger partial charge in [-0.2, -0.15) is 0 Å². The zero-order valence-electron chi connectivity index (χ0n) is 3.51. The topological polar surface area (TPSA) is 26.0 Å². The summed E-state index contributed by atoms with van der Waals surface area (Å²) in [5.41, 5.74) is 0. The Kier molecular flexibility index (Phi) is 2.12. The second-order valence-corrected chi connectivity index (χ2v) is 1.05. The van der Waals surface area contributed by atoms with E-state index in [1.807, 2.05) is 0 Å². The molecular formula is C5H9NO. The van der Waals surface area contributed by atoms with Crippen LogP contribution >= 0.6 is 0 Å². The van der Waals surface area contributed by atoms with Gasteiger partial charge in [-0.15, -0.1) is 0 Å². The fourth-order valence-electron chi connectivity index (χ4n) is 0.295. The van der Waals surface area contributed by atoms with Gasteiger partial charge in [-0.25, -0.2) is 4.98 Å². The second-order valence-electron chi connectivity index (χ2n) is 1.05. The molecule has 2 nitrogen and oxygen atoms in total. The van der Waals surface area contributed by atoms with E-state index in [2.05, 4.69) is 4.98 Å². The molecule has 0 saturated carbocycles. The molecule has 0 aliphatic heterocycles. The summed E-state index contributed by atoms with van der Waals surface area (Å²) >= 11 is 0. The highest BCUT2D eigenvalue weighted by Gasteiger charge is 1.77. The normalized spacial score (nSPS) is 7.57. The standard InChI is InChI=1S/C4H5NO.CH4/c1-4-5-2-3-6-4;/h2-3H,1H3;1H4. The Morgan fingerprint density at radius 3 is 2.57 bits per heavy atom. The van der Waals surface area contributed by atoms with Gasteiger partial charge < -0.3 is 4.42 Å². The largest absolute Gasteiger partial charge is 0.449 e. The summed E-state index contributed by atoms with van der Waals surface area (Å²) in [6.45, 7) is 1.81. The Morgan fingerprint density at radius 2 is 2.43 bits per heavy atom. The molecule has 0 atom stereocenters. The number of hydrogen-bond donors (Lipinski definition) is 0. The van der Waals surface area contributed by atoms with Crippen LogP contribution in [0.4, 0.5) is 0 Å². The SMILES string of the molecule is C.Cc1ncco1. The summed E-state index contributed by atoms with van der Waals surface area (Å²) in [4.78, 5) is 3.75. The van der Waals surface area contributed by atoms with Crippen molar-refractivity contribution in [1.82, 2.24) is 4.98 Å². The van der Waals surface area contributed by atoms with Gasteiger partial charge in [0.2, 0.25) is 0 Å². The van der Waals surface area contributed by atoms with Crippen molar-refractivity contribution in [3.05, 3.63) is 18.4 Å². The summed E-state index contributed by atoms with van der Waals surface area (Å²) in [7, 11) is 0. The summed E-state index contributed by atoms with van der Waals surface area (Å²) in [6.07, 6.45) is 3.17. The van der Waals surface area contributed by atoms with Crippen molar-refractivity contribution in [2.75, 3.05) is 0 Å². The Bertz CT molecular complexity index is 112. The molecule has 0 unspecified atom stereocenters. The number of hydrogen-bond acceptors (Lipinski definition) is 2. The van der Waals surface area contributed by atoms with Crippen LogP contribution in [0.3, 0.4) is 0 Å². The molecule has 0 fully saturated rings. The van der Waals surface area contributed by atoms with E-state index < -0.39 is 0 Å². The lowest BCUT2D eigenvalue weighted by molar-refractivity contribution is 0.521. The van der Waals surface area contributed by atoms with Crippen molar-refractivity contribution in [3.63, 3.8) is 0 Å². The minimum absolute atomic E-state index is 0. The number of aryl methyl sites for hydroxylation is 1. The minimum Gasteiger partial charge on any atom is -0.449 e. The average molecular weight is 99.1 g/mol. The molecule has 0 bridgehead atoms. The lowest BCUT2D eigenvalue weighted by atomic mass is 10.8. The van der Waals surface area contributed by atoms with E-state index in [9.17, 15) is 0 Å². The van der Waals surface area contributed by atoms with Crippen LogP contribution in [0.25, 0.3) is 0 Å².